The third-order valence-corrected chi connectivity index (χ3v) is 4.17. The Labute approximate surface area is 169 Å². The maximum Gasteiger partial charge on any atom is 0.414 e. The Morgan fingerprint density at radius 3 is 2.32 bits per heavy atom. The molecule has 0 radical (unpaired) electrons. The number of ether oxygens (including phenoxy) is 2. The molecule has 1 atom stereocenters. The quantitative estimate of drug-likeness (QED) is 0.426. The molecule has 134 valence electrons. The third-order valence-electron chi connectivity index (χ3n) is 2.89. The van der Waals surface area contributed by atoms with Crippen LogP contribution in [0.25, 0.3) is 0 Å². The summed E-state index contributed by atoms with van der Waals surface area (Å²) in [6.07, 6.45) is -2.29. The Morgan fingerprint density at radius 2 is 1.72 bits per heavy atom. The number of nitrogens with one attached hydrogen (secondary N) is 1. The van der Waals surface area contributed by atoms with Crippen molar-refractivity contribution in [3.8, 4) is 0 Å². The first-order chi connectivity index (χ1) is 11.8. The van der Waals surface area contributed by atoms with E-state index >= 15 is 0 Å². The van der Waals surface area contributed by atoms with Crippen LogP contribution in [0, 0.1) is 0 Å². The first kappa shape index (κ1) is 20.4. The fraction of sp³-hybridized carbons (Fsp3) is 0.188. The minimum absolute atomic E-state index is 0.0967. The number of hydrogen-bond acceptors (Lipinski definition) is 3. The van der Waals surface area contributed by atoms with Gasteiger partial charge in [-0.2, -0.15) is 0 Å². The van der Waals surface area contributed by atoms with Crippen LogP contribution in [0.5, 0.6) is 0 Å². The standard InChI is InChI=1S/C16H12Cl5NO3/c17-12-7-6-11(8-13(12)18)22-15(23)25-14(16(19,20)21)24-9-10-4-2-1-3-5-10/h1-8,14H,9H2,(H,22,23). The Bertz CT molecular complexity index is 721. The molecule has 4 nitrogen and oxygen atoms in total. The van der Waals surface area contributed by atoms with Crippen LogP contribution in [0.2, 0.25) is 10.0 Å². The SMILES string of the molecule is O=C(Nc1ccc(Cl)c(Cl)c1)OC(OCc1ccccc1)C(Cl)(Cl)Cl. The molecule has 25 heavy (non-hydrogen) atoms. The molecule has 1 unspecified atom stereocenters. The zero-order valence-corrected chi connectivity index (χ0v) is 16.3. The summed E-state index contributed by atoms with van der Waals surface area (Å²) in [7, 11) is 0. The summed E-state index contributed by atoms with van der Waals surface area (Å²) in [5.41, 5.74) is 1.20. The van der Waals surface area contributed by atoms with Crippen molar-refractivity contribution in [3.63, 3.8) is 0 Å². The molecule has 0 heterocycles. The molecule has 1 amide bonds. The number of carbonyl (C=O) groups is 1. The Kier molecular flexibility index (Phi) is 7.50. The lowest BCUT2D eigenvalue weighted by Gasteiger charge is -2.24. The van der Waals surface area contributed by atoms with Gasteiger partial charge in [0.2, 0.25) is 0 Å². The average Bonchev–Trinajstić information content (AvgIpc) is 2.55. The van der Waals surface area contributed by atoms with Crippen LogP contribution in [-0.4, -0.2) is 16.2 Å². The second-order valence-electron chi connectivity index (χ2n) is 4.83. The fourth-order valence-electron chi connectivity index (χ4n) is 1.76. The maximum absolute atomic E-state index is 12.0. The molecule has 2 aromatic carbocycles. The first-order valence-corrected chi connectivity index (χ1v) is 8.79. The van der Waals surface area contributed by atoms with Gasteiger partial charge in [-0.25, -0.2) is 4.79 Å². The van der Waals surface area contributed by atoms with E-state index in [1.807, 2.05) is 30.3 Å². The lowest BCUT2D eigenvalue weighted by Crippen LogP contribution is -2.35. The van der Waals surface area contributed by atoms with Crippen molar-refractivity contribution in [2.45, 2.75) is 16.7 Å². The number of halogens is 5. The Balaban J connectivity index is 1.98. The highest BCUT2D eigenvalue weighted by Crippen LogP contribution is 2.34. The monoisotopic (exact) mass is 441 g/mol. The van der Waals surface area contributed by atoms with Gasteiger partial charge < -0.3 is 9.47 Å². The summed E-state index contributed by atoms with van der Waals surface area (Å²) in [6, 6.07) is 13.7. The average molecular weight is 444 g/mol. The molecule has 2 rings (SSSR count). The fourth-order valence-corrected chi connectivity index (χ4v) is 2.38. The molecule has 0 spiro atoms. The van der Waals surface area contributed by atoms with Crippen LogP contribution in [0.1, 0.15) is 5.56 Å². The normalized spacial score (nSPS) is 12.5. The van der Waals surface area contributed by atoms with Crippen LogP contribution in [0.3, 0.4) is 0 Å². The van der Waals surface area contributed by atoms with Crippen molar-refractivity contribution >= 4 is 69.8 Å². The van der Waals surface area contributed by atoms with Gasteiger partial charge in [-0.15, -0.1) is 0 Å². The van der Waals surface area contributed by atoms with Crippen LogP contribution in [0.15, 0.2) is 48.5 Å². The van der Waals surface area contributed by atoms with E-state index in [9.17, 15) is 4.79 Å². The zero-order chi connectivity index (χ0) is 18.4. The van der Waals surface area contributed by atoms with Gasteiger partial charge in [0.05, 0.1) is 16.7 Å². The van der Waals surface area contributed by atoms with Gasteiger partial charge in [-0.05, 0) is 23.8 Å². The lowest BCUT2D eigenvalue weighted by atomic mass is 10.2. The minimum Gasteiger partial charge on any atom is -0.415 e. The topological polar surface area (TPSA) is 47.6 Å². The van der Waals surface area contributed by atoms with Crippen LogP contribution in [-0.2, 0) is 16.1 Å². The second kappa shape index (κ2) is 9.17. The lowest BCUT2D eigenvalue weighted by molar-refractivity contribution is -0.105. The molecule has 0 aliphatic rings. The third kappa shape index (κ3) is 6.74. The van der Waals surface area contributed by atoms with Gasteiger partial charge in [0.25, 0.3) is 10.1 Å². The molecule has 0 saturated heterocycles. The molecule has 2 aromatic rings. The number of amides is 1. The smallest absolute Gasteiger partial charge is 0.414 e. The van der Waals surface area contributed by atoms with Crippen LogP contribution in [0.4, 0.5) is 10.5 Å². The molecule has 0 saturated carbocycles. The molecule has 1 N–H and O–H groups in total. The maximum atomic E-state index is 12.0. The molecular weight excluding hydrogens is 431 g/mol. The highest BCUT2D eigenvalue weighted by atomic mass is 35.6. The summed E-state index contributed by atoms with van der Waals surface area (Å²) in [6.45, 7) is 0.0967. The summed E-state index contributed by atoms with van der Waals surface area (Å²) >= 11 is 29.2. The minimum atomic E-state index is -1.97. The van der Waals surface area contributed by atoms with Gasteiger partial charge in [0, 0.05) is 5.69 Å². The van der Waals surface area contributed by atoms with Gasteiger partial charge >= 0.3 is 6.09 Å². The molecular formula is C16H12Cl5NO3. The molecule has 0 aliphatic carbocycles. The second-order valence-corrected chi connectivity index (χ2v) is 8.01. The summed E-state index contributed by atoms with van der Waals surface area (Å²) in [5.74, 6) is 0. The predicted octanol–water partition coefficient (Wildman–Crippen LogP) is 6.46. The van der Waals surface area contributed by atoms with E-state index in [0.29, 0.717) is 10.7 Å². The largest absolute Gasteiger partial charge is 0.415 e. The van der Waals surface area contributed by atoms with E-state index in [1.165, 1.54) is 12.1 Å². The van der Waals surface area contributed by atoms with E-state index in [1.54, 1.807) is 6.07 Å². The zero-order valence-electron chi connectivity index (χ0n) is 12.5. The summed E-state index contributed by atoms with van der Waals surface area (Å²) < 4.78 is 8.52. The van der Waals surface area contributed by atoms with Crippen molar-refractivity contribution < 1.29 is 14.3 Å². The number of carbonyl (C=O) groups excluding carboxylic acids is 1. The highest BCUT2D eigenvalue weighted by Gasteiger charge is 2.37. The van der Waals surface area contributed by atoms with E-state index in [2.05, 4.69) is 5.32 Å². The van der Waals surface area contributed by atoms with Crippen molar-refractivity contribution in [1.29, 1.82) is 0 Å². The van der Waals surface area contributed by atoms with Crippen molar-refractivity contribution in [2.75, 3.05) is 5.32 Å². The molecule has 0 bridgehead atoms. The van der Waals surface area contributed by atoms with E-state index < -0.39 is 16.2 Å². The number of alkyl halides is 3. The van der Waals surface area contributed by atoms with Crippen LogP contribution >= 0.6 is 58.0 Å². The number of benzene rings is 2. The Hall–Kier alpha value is -0.880. The van der Waals surface area contributed by atoms with Crippen molar-refractivity contribution in [2.24, 2.45) is 0 Å². The van der Waals surface area contributed by atoms with Crippen molar-refractivity contribution in [3.05, 3.63) is 64.1 Å². The van der Waals surface area contributed by atoms with Gasteiger partial charge in [0.1, 0.15) is 0 Å². The predicted molar refractivity (Wildman–Crippen MR) is 102 cm³/mol. The molecule has 0 aliphatic heterocycles. The number of hydrogen-bond donors (Lipinski definition) is 1. The molecule has 0 fully saturated rings. The number of rotatable bonds is 5. The molecule has 9 heteroatoms. The Morgan fingerprint density at radius 1 is 1.04 bits per heavy atom. The van der Waals surface area contributed by atoms with Gasteiger partial charge in [0.15, 0.2) is 0 Å². The van der Waals surface area contributed by atoms with E-state index in [0.717, 1.165) is 5.56 Å². The van der Waals surface area contributed by atoms with Gasteiger partial charge in [-0.1, -0.05) is 88.3 Å². The first-order valence-electron chi connectivity index (χ1n) is 6.90. The summed E-state index contributed by atoms with van der Waals surface area (Å²) in [4.78, 5) is 12.0. The van der Waals surface area contributed by atoms with Gasteiger partial charge in [-0.3, -0.25) is 5.32 Å². The highest BCUT2D eigenvalue weighted by molar-refractivity contribution is 6.68. The van der Waals surface area contributed by atoms with Crippen molar-refractivity contribution in [1.82, 2.24) is 0 Å². The molecule has 0 aromatic heterocycles. The summed E-state index contributed by atoms with van der Waals surface area (Å²) in [5, 5.41) is 3.08. The van der Waals surface area contributed by atoms with E-state index in [-0.39, 0.29) is 11.6 Å². The number of anilines is 1. The van der Waals surface area contributed by atoms with E-state index in [4.69, 9.17) is 67.5 Å². The van der Waals surface area contributed by atoms with Crippen LogP contribution < -0.4 is 5.32 Å².